The van der Waals surface area contributed by atoms with Crippen LogP contribution in [-0.4, -0.2) is 31.5 Å². The molecule has 4 heteroatoms. The van der Waals surface area contributed by atoms with Crippen molar-refractivity contribution in [1.82, 2.24) is 4.90 Å². The molecule has 0 radical (unpaired) electrons. The predicted molar refractivity (Wildman–Crippen MR) is 71.7 cm³/mol. The standard InChI is InChI=1S/C14H20N2O2/c1-16(9-10-4-3-5-10)14(17)11-6-7-12(15)13(8-11)18-2/h6-8,10H,3-5,9,15H2,1-2H3. The number of nitrogens with two attached hydrogens (primary N) is 1. The zero-order valence-electron chi connectivity index (χ0n) is 11.0. The van der Waals surface area contributed by atoms with E-state index in [2.05, 4.69) is 0 Å². The number of hydrogen-bond acceptors (Lipinski definition) is 3. The third kappa shape index (κ3) is 2.58. The van der Waals surface area contributed by atoms with Crippen LogP contribution in [0.15, 0.2) is 18.2 Å². The molecule has 18 heavy (non-hydrogen) atoms. The summed E-state index contributed by atoms with van der Waals surface area (Å²) in [6.45, 7) is 0.839. The molecule has 0 aromatic heterocycles. The highest BCUT2D eigenvalue weighted by Crippen LogP contribution is 2.28. The van der Waals surface area contributed by atoms with E-state index in [1.807, 2.05) is 7.05 Å². The first-order valence-electron chi connectivity index (χ1n) is 6.30. The van der Waals surface area contributed by atoms with Crippen LogP contribution in [0.2, 0.25) is 0 Å². The third-order valence-corrected chi connectivity index (χ3v) is 3.58. The van der Waals surface area contributed by atoms with Gasteiger partial charge in [0.25, 0.3) is 5.91 Å². The highest BCUT2D eigenvalue weighted by Gasteiger charge is 2.22. The summed E-state index contributed by atoms with van der Waals surface area (Å²) in [5, 5.41) is 0. The third-order valence-electron chi connectivity index (χ3n) is 3.58. The molecule has 2 rings (SSSR count). The summed E-state index contributed by atoms with van der Waals surface area (Å²) >= 11 is 0. The maximum absolute atomic E-state index is 12.2. The maximum atomic E-state index is 12.2. The topological polar surface area (TPSA) is 55.6 Å². The predicted octanol–water partition coefficient (Wildman–Crippen LogP) is 2.15. The molecule has 1 amide bonds. The van der Waals surface area contributed by atoms with Gasteiger partial charge in [-0.25, -0.2) is 0 Å². The molecule has 0 unspecified atom stereocenters. The van der Waals surface area contributed by atoms with Crippen LogP contribution in [0.4, 0.5) is 5.69 Å². The molecule has 1 aromatic rings. The molecule has 1 aromatic carbocycles. The Labute approximate surface area is 108 Å². The zero-order chi connectivity index (χ0) is 13.1. The zero-order valence-corrected chi connectivity index (χ0v) is 11.0. The van der Waals surface area contributed by atoms with Gasteiger partial charge in [0.1, 0.15) is 5.75 Å². The van der Waals surface area contributed by atoms with E-state index in [1.54, 1.807) is 30.2 Å². The van der Waals surface area contributed by atoms with Crippen LogP contribution in [0.1, 0.15) is 29.6 Å². The molecule has 0 atom stereocenters. The van der Waals surface area contributed by atoms with Crippen molar-refractivity contribution in [1.29, 1.82) is 0 Å². The number of ether oxygens (including phenoxy) is 1. The van der Waals surface area contributed by atoms with Crippen molar-refractivity contribution in [2.45, 2.75) is 19.3 Å². The van der Waals surface area contributed by atoms with Crippen molar-refractivity contribution in [3.8, 4) is 5.75 Å². The average Bonchev–Trinajstić information content (AvgIpc) is 2.33. The van der Waals surface area contributed by atoms with Gasteiger partial charge in [-0.3, -0.25) is 4.79 Å². The van der Waals surface area contributed by atoms with Gasteiger partial charge in [-0.15, -0.1) is 0 Å². The maximum Gasteiger partial charge on any atom is 0.253 e. The van der Waals surface area contributed by atoms with Gasteiger partial charge in [-0.05, 0) is 37.0 Å². The van der Waals surface area contributed by atoms with Gasteiger partial charge < -0.3 is 15.4 Å². The lowest BCUT2D eigenvalue weighted by Gasteiger charge is -2.30. The minimum Gasteiger partial charge on any atom is -0.495 e. The Morgan fingerprint density at radius 1 is 1.50 bits per heavy atom. The number of anilines is 1. The molecule has 4 nitrogen and oxygen atoms in total. The Hall–Kier alpha value is -1.71. The van der Waals surface area contributed by atoms with Crippen molar-refractivity contribution in [2.75, 3.05) is 26.4 Å². The van der Waals surface area contributed by atoms with Gasteiger partial charge in [0.2, 0.25) is 0 Å². The Balaban J connectivity index is 2.07. The Morgan fingerprint density at radius 2 is 2.22 bits per heavy atom. The van der Waals surface area contributed by atoms with Gasteiger partial charge in [-0.1, -0.05) is 6.42 Å². The van der Waals surface area contributed by atoms with E-state index in [-0.39, 0.29) is 5.91 Å². The molecule has 0 bridgehead atoms. The summed E-state index contributed by atoms with van der Waals surface area (Å²) < 4.78 is 5.13. The number of carbonyl (C=O) groups is 1. The number of nitrogen functional groups attached to an aromatic ring is 1. The number of rotatable bonds is 4. The molecule has 2 N–H and O–H groups in total. The first kappa shape index (κ1) is 12.7. The summed E-state index contributed by atoms with van der Waals surface area (Å²) in [7, 11) is 3.40. The molecule has 1 saturated carbocycles. The lowest BCUT2D eigenvalue weighted by atomic mass is 9.85. The largest absolute Gasteiger partial charge is 0.495 e. The second kappa shape index (κ2) is 5.29. The number of amides is 1. The average molecular weight is 248 g/mol. The fraction of sp³-hybridized carbons (Fsp3) is 0.500. The van der Waals surface area contributed by atoms with Gasteiger partial charge in [0.05, 0.1) is 12.8 Å². The summed E-state index contributed by atoms with van der Waals surface area (Å²) in [6, 6.07) is 5.16. The minimum absolute atomic E-state index is 0.0280. The smallest absolute Gasteiger partial charge is 0.253 e. The van der Waals surface area contributed by atoms with E-state index in [1.165, 1.54) is 19.3 Å². The molecule has 1 fully saturated rings. The molecule has 0 spiro atoms. The molecule has 0 heterocycles. The number of methoxy groups -OCH3 is 1. The summed E-state index contributed by atoms with van der Waals surface area (Å²) in [5.41, 5.74) is 6.92. The van der Waals surface area contributed by atoms with Crippen molar-refractivity contribution in [2.24, 2.45) is 5.92 Å². The quantitative estimate of drug-likeness (QED) is 0.831. The highest BCUT2D eigenvalue weighted by molar-refractivity contribution is 5.95. The van der Waals surface area contributed by atoms with Crippen LogP contribution < -0.4 is 10.5 Å². The Bertz CT molecular complexity index is 441. The Kier molecular flexibility index (Phi) is 3.75. The van der Waals surface area contributed by atoms with E-state index < -0.39 is 0 Å². The second-order valence-corrected chi connectivity index (χ2v) is 4.94. The van der Waals surface area contributed by atoms with Gasteiger partial charge in [-0.2, -0.15) is 0 Å². The van der Waals surface area contributed by atoms with Gasteiger partial charge in [0, 0.05) is 19.2 Å². The monoisotopic (exact) mass is 248 g/mol. The first-order valence-corrected chi connectivity index (χ1v) is 6.30. The van der Waals surface area contributed by atoms with Crippen LogP contribution in [0.5, 0.6) is 5.75 Å². The fourth-order valence-electron chi connectivity index (χ4n) is 2.21. The van der Waals surface area contributed by atoms with Crippen LogP contribution in [0.25, 0.3) is 0 Å². The molecular weight excluding hydrogens is 228 g/mol. The second-order valence-electron chi connectivity index (χ2n) is 4.94. The molecular formula is C14H20N2O2. The molecule has 1 aliphatic rings. The van der Waals surface area contributed by atoms with E-state index in [9.17, 15) is 4.79 Å². The van der Waals surface area contributed by atoms with E-state index in [0.29, 0.717) is 22.9 Å². The summed E-state index contributed by atoms with van der Waals surface area (Å²) in [5.74, 6) is 1.26. The lowest BCUT2D eigenvalue weighted by molar-refractivity contribution is 0.0745. The number of hydrogen-bond donors (Lipinski definition) is 1. The minimum atomic E-state index is 0.0280. The van der Waals surface area contributed by atoms with E-state index in [4.69, 9.17) is 10.5 Å². The highest BCUT2D eigenvalue weighted by atomic mass is 16.5. The summed E-state index contributed by atoms with van der Waals surface area (Å²) in [6.07, 6.45) is 3.77. The molecule has 98 valence electrons. The molecule has 0 aliphatic heterocycles. The van der Waals surface area contributed by atoms with E-state index >= 15 is 0 Å². The fourth-order valence-corrected chi connectivity index (χ4v) is 2.21. The van der Waals surface area contributed by atoms with Crippen LogP contribution in [0, 0.1) is 5.92 Å². The van der Waals surface area contributed by atoms with Crippen LogP contribution >= 0.6 is 0 Å². The van der Waals surface area contributed by atoms with E-state index in [0.717, 1.165) is 6.54 Å². The van der Waals surface area contributed by atoms with Gasteiger partial charge in [0.15, 0.2) is 0 Å². The molecule has 1 aliphatic carbocycles. The lowest BCUT2D eigenvalue weighted by Crippen LogP contribution is -2.34. The van der Waals surface area contributed by atoms with Crippen molar-refractivity contribution in [3.05, 3.63) is 23.8 Å². The number of benzene rings is 1. The normalized spacial score (nSPS) is 15.0. The Morgan fingerprint density at radius 3 is 2.78 bits per heavy atom. The van der Waals surface area contributed by atoms with Crippen molar-refractivity contribution < 1.29 is 9.53 Å². The van der Waals surface area contributed by atoms with Gasteiger partial charge >= 0.3 is 0 Å². The van der Waals surface area contributed by atoms with Crippen LogP contribution in [0.3, 0.4) is 0 Å². The summed E-state index contributed by atoms with van der Waals surface area (Å²) in [4.78, 5) is 14.0. The SMILES string of the molecule is COc1cc(C(=O)N(C)CC2CCC2)ccc1N. The van der Waals surface area contributed by atoms with Crippen molar-refractivity contribution in [3.63, 3.8) is 0 Å². The number of carbonyl (C=O) groups excluding carboxylic acids is 1. The van der Waals surface area contributed by atoms with Crippen LogP contribution in [-0.2, 0) is 0 Å². The first-order chi connectivity index (χ1) is 8.61. The number of nitrogens with zero attached hydrogens (tertiary/aromatic N) is 1. The van der Waals surface area contributed by atoms with Crippen molar-refractivity contribution >= 4 is 11.6 Å². The molecule has 0 saturated heterocycles.